The molecule has 0 bridgehead atoms. The molecule has 1 N–H and O–H groups in total. The molecule has 21 heavy (non-hydrogen) atoms. The van der Waals surface area contributed by atoms with E-state index < -0.39 is 18.6 Å². The maximum absolute atomic E-state index is 12.7. The van der Waals surface area contributed by atoms with Gasteiger partial charge >= 0.3 is 12.5 Å². The van der Waals surface area contributed by atoms with E-state index in [4.69, 9.17) is 0 Å². The molecule has 8 heteroatoms. The first-order valence-electron chi connectivity index (χ1n) is 6.81. The minimum Gasteiger partial charge on any atom is -0.467 e. The Bertz CT molecular complexity index is 473. The van der Waals surface area contributed by atoms with Crippen molar-refractivity contribution in [1.29, 1.82) is 0 Å². The summed E-state index contributed by atoms with van der Waals surface area (Å²) in [4.78, 5) is 17.2. The van der Waals surface area contributed by atoms with Crippen LogP contribution in [-0.4, -0.2) is 51.8 Å². The lowest BCUT2D eigenvalue weighted by Gasteiger charge is -2.33. The molecule has 1 fully saturated rings. The molecule has 0 aromatic carbocycles. The molecule has 1 aliphatic heterocycles. The third-order valence-corrected chi connectivity index (χ3v) is 3.85. The van der Waals surface area contributed by atoms with E-state index in [1.807, 2.05) is 4.90 Å². The second-order valence-corrected chi connectivity index (χ2v) is 5.11. The highest BCUT2D eigenvalue weighted by molar-refractivity contribution is 5.74. The van der Waals surface area contributed by atoms with Gasteiger partial charge in [-0.15, -0.1) is 0 Å². The van der Waals surface area contributed by atoms with Crippen molar-refractivity contribution in [3.8, 4) is 0 Å². The van der Waals surface area contributed by atoms with Crippen molar-refractivity contribution in [2.45, 2.75) is 32.0 Å². The van der Waals surface area contributed by atoms with E-state index >= 15 is 0 Å². The van der Waals surface area contributed by atoms with Crippen molar-refractivity contribution in [3.63, 3.8) is 0 Å². The molecular weight excluding hydrogens is 284 g/mol. The fourth-order valence-corrected chi connectivity index (χ4v) is 2.58. The van der Waals surface area contributed by atoms with Gasteiger partial charge in [0.1, 0.15) is 5.82 Å². The molecule has 1 aliphatic rings. The summed E-state index contributed by atoms with van der Waals surface area (Å²) in [6.45, 7) is -1.02. The van der Waals surface area contributed by atoms with Crippen LogP contribution in [0.1, 0.15) is 25.2 Å². The predicted molar refractivity (Wildman–Crippen MR) is 69.5 cm³/mol. The maximum Gasteiger partial charge on any atom is 0.334 e. The monoisotopic (exact) mass is 303 g/mol. The zero-order valence-electron chi connectivity index (χ0n) is 11.8. The van der Waals surface area contributed by atoms with Crippen molar-refractivity contribution in [2.24, 2.45) is 5.92 Å². The number of carbonyl (C=O) groups is 1. The number of esters is 1. The zero-order chi connectivity index (χ0) is 15.4. The van der Waals surface area contributed by atoms with Crippen LogP contribution in [0, 0.1) is 5.92 Å². The summed E-state index contributed by atoms with van der Waals surface area (Å²) in [6, 6.07) is 0. The molecule has 1 unspecified atom stereocenters. The first-order chi connectivity index (χ1) is 10.0. The standard InChI is InChI=1S/C13H19F2N3O3/c1-21-12(20)11(19)9-2-5-17(6-3-9)8-10-16-4-7-18(10)13(14)15/h4,7,9,11,13,19H,2-3,5-6,8H2,1H3. The van der Waals surface area contributed by atoms with Crippen LogP contribution in [0.4, 0.5) is 8.78 Å². The summed E-state index contributed by atoms with van der Waals surface area (Å²) in [5.74, 6) is -0.456. The number of alkyl halides is 2. The Labute approximate surface area is 121 Å². The van der Waals surface area contributed by atoms with Crippen LogP contribution in [-0.2, 0) is 16.1 Å². The number of rotatable bonds is 5. The molecular formula is C13H19F2N3O3. The molecule has 0 radical (unpaired) electrons. The zero-order valence-corrected chi connectivity index (χ0v) is 11.8. The van der Waals surface area contributed by atoms with Crippen molar-refractivity contribution in [3.05, 3.63) is 18.2 Å². The Morgan fingerprint density at radius 3 is 2.76 bits per heavy atom. The second kappa shape index (κ2) is 6.95. The topological polar surface area (TPSA) is 67.6 Å². The number of aliphatic hydroxyl groups excluding tert-OH is 1. The molecule has 1 atom stereocenters. The highest BCUT2D eigenvalue weighted by Crippen LogP contribution is 2.23. The van der Waals surface area contributed by atoms with Crippen LogP contribution < -0.4 is 0 Å². The number of methoxy groups -OCH3 is 1. The maximum atomic E-state index is 12.7. The van der Waals surface area contributed by atoms with Crippen LogP contribution in [0.2, 0.25) is 0 Å². The molecule has 0 aliphatic carbocycles. The average molecular weight is 303 g/mol. The van der Waals surface area contributed by atoms with Crippen LogP contribution in [0.25, 0.3) is 0 Å². The van der Waals surface area contributed by atoms with Gasteiger partial charge in [0, 0.05) is 12.4 Å². The number of aromatic nitrogens is 2. The lowest BCUT2D eigenvalue weighted by atomic mass is 9.91. The highest BCUT2D eigenvalue weighted by atomic mass is 19.3. The van der Waals surface area contributed by atoms with Crippen LogP contribution in [0.5, 0.6) is 0 Å². The van der Waals surface area contributed by atoms with Crippen molar-refractivity contribution in [2.75, 3.05) is 20.2 Å². The van der Waals surface area contributed by atoms with Crippen molar-refractivity contribution >= 4 is 5.97 Å². The fraction of sp³-hybridized carbons (Fsp3) is 0.692. The van der Waals surface area contributed by atoms with Gasteiger partial charge in [-0.2, -0.15) is 8.78 Å². The van der Waals surface area contributed by atoms with Crippen LogP contribution >= 0.6 is 0 Å². The summed E-state index contributed by atoms with van der Waals surface area (Å²) in [5, 5.41) is 9.79. The Kier molecular flexibility index (Phi) is 5.24. The van der Waals surface area contributed by atoms with Crippen LogP contribution in [0.3, 0.4) is 0 Å². The summed E-state index contributed by atoms with van der Waals surface area (Å²) in [6.07, 6.45) is 2.74. The fourth-order valence-electron chi connectivity index (χ4n) is 2.58. The third-order valence-electron chi connectivity index (χ3n) is 3.85. The second-order valence-electron chi connectivity index (χ2n) is 5.11. The normalized spacial score (nSPS) is 18.9. The molecule has 1 saturated heterocycles. The van der Waals surface area contributed by atoms with E-state index in [1.54, 1.807) is 0 Å². The minimum absolute atomic E-state index is 0.149. The molecule has 0 spiro atoms. The molecule has 0 amide bonds. The van der Waals surface area contributed by atoms with Crippen molar-refractivity contribution < 1.29 is 23.4 Å². The summed E-state index contributed by atoms with van der Waals surface area (Å²) in [7, 11) is 1.24. The number of carbonyl (C=O) groups excluding carboxylic acids is 1. The molecule has 1 aromatic rings. The van der Waals surface area contributed by atoms with E-state index in [0.717, 1.165) is 4.57 Å². The number of halogens is 2. The van der Waals surface area contributed by atoms with E-state index in [1.165, 1.54) is 19.5 Å². The van der Waals surface area contributed by atoms with Gasteiger partial charge in [-0.25, -0.2) is 9.78 Å². The quantitative estimate of drug-likeness (QED) is 0.823. The number of piperidine rings is 1. The number of likely N-dealkylation sites (tertiary alicyclic amines) is 1. The van der Waals surface area contributed by atoms with Gasteiger partial charge in [0.05, 0.1) is 13.7 Å². The summed E-state index contributed by atoms with van der Waals surface area (Å²) < 4.78 is 30.8. The lowest BCUT2D eigenvalue weighted by molar-refractivity contribution is -0.154. The molecule has 2 heterocycles. The number of ether oxygens (including phenoxy) is 1. The lowest BCUT2D eigenvalue weighted by Crippen LogP contribution is -2.40. The number of hydrogen-bond acceptors (Lipinski definition) is 5. The number of nitrogens with zero attached hydrogens (tertiary/aromatic N) is 3. The number of aliphatic hydroxyl groups is 1. The molecule has 118 valence electrons. The largest absolute Gasteiger partial charge is 0.467 e. The van der Waals surface area contributed by atoms with Gasteiger partial charge in [-0.3, -0.25) is 9.47 Å². The summed E-state index contributed by atoms with van der Waals surface area (Å²) in [5.41, 5.74) is 0. The van der Waals surface area contributed by atoms with E-state index in [9.17, 15) is 18.7 Å². The molecule has 2 rings (SSSR count). The van der Waals surface area contributed by atoms with Gasteiger partial charge in [-0.1, -0.05) is 0 Å². The van der Waals surface area contributed by atoms with E-state index in [2.05, 4.69) is 9.72 Å². The Morgan fingerprint density at radius 2 is 2.19 bits per heavy atom. The smallest absolute Gasteiger partial charge is 0.334 e. The van der Waals surface area contributed by atoms with Crippen molar-refractivity contribution in [1.82, 2.24) is 14.5 Å². The van der Waals surface area contributed by atoms with Gasteiger partial charge < -0.3 is 9.84 Å². The molecule has 0 saturated carbocycles. The SMILES string of the molecule is COC(=O)C(O)C1CCN(Cc2nccn2C(F)F)CC1. The number of imidazole rings is 1. The minimum atomic E-state index is -2.60. The molecule has 1 aromatic heterocycles. The first-order valence-corrected chi connectivity index (χ1v) is 6.81. The van der Waals surface area contributed by atoms with Gasteiger partial charge in [-0.05, 0) is 31.8 Å². The number of hydrogen-bond donors (Lipinski definition) is 1. The van der Waals surface area contributed by atoms with E-state index in [-0.39, 0.29) is 5.92 Å². The first kappa shape index (κ1) is 15.8. The van der Waals surface area contributed by atoms with E-state index in [0.29, 0.717) is 38.3 Å². The summed E-state index contributed by atoms with van der Waals surface area (Å²) >= 11 is 0. The predicted octanol–water partition coefficient (Wildman–Crippen LogP) is 1.02. The highest BCUT2D eigenvalue weighted by Gasteiger charge is 2.30. The Morgan fingerprint density at radius 1 is 1.52 bits per heavy atom. The molecule has 6 nitrogen and oxygen atoms in total. The van der Waals surface area contributed by atoms with Crippen LogP contribution in [0.15, 0.2) is 12.4 Å². The Balaban J connectivity index is 1.87. The van der Waals surface area contributed by atoms with Gasteiger partial charge in [0.2, 0.25) is 0 Å². The van der Waals surface area contributed by atoms with Gasteiger partial charge in [0.15, 0.2) is 6.10 Å². The third kappa shape index (κ3) is 3.76. The van der Waals surface area contributed by atoms with Gasteiger partial charge in [0.25, 0.3) is 0 Å². The average Bonchev–Trinajstić information content (AvgIpc) is 2.95. The Hall–Kier alpha value is -1.54.